The van der Waals surface area contributed by atoms with E-state index in [9.17, 15) is 9.59 Å². The Balaban J connectivity index is 1.62. The van der Waals surface area contributed by atoms with Crippen molar-refractivity contribution in [2.45, 2.75) is 59.2 Å². The van der Waals surface area contributed by atoms with Gasteiger partial charge in [-0.25, -0.2) is 9.59 Å². The van der Waals surface area contributed by atoms with E-state index < -0.39 is 23.4 Å². The van der Waals surface area contributed by atoms with Crippen LogP contribution in [0.15, 0.2) is 42.6 Å². The summed E-state index contributed by atoms with van der Waals surface area (Å²) in [5.74, 6) is 0.487. The molecule has 0 aliphatic heterocycles. The maximum atomic E-state index is 12.3. The SMILES string of the molecule is CC(C)(C)OC(=O)NCCc1cc(Nc2ccn(C(=O)OC(C)(C)C)n2)cc2c1[nH]c1ccc(Cl)cc12. The average Bonchev–Trinajstić information content (AvgIpc) is 3.36. The van der Waals surface area contributed by atoms with Crippen LogP contribution in [0.25, 0.3) is 21.8 Å². The zero-order valence-electron chi connectivity index (χ0n) is 21.9. The number of alkyl carbamates (subject to hydrolysis) is 1. The lowest BCUT2D eigenvalue weighted by molar-refractivity contribution is 0.0508. The molecule has 0 fully saturated rings. The van der Waals surface area contributed by atoms with Crippen molar-refractivity contribution in [1.29, 1.82) is 0 Å². The quantitative estimate of drug-likeness (QED) is 0.265. The molecule has 0 spiro atoms. The Labute approximate surface area is 220 Å². The van der Waals surface area contributed by atoms with Crippen LogP contribution in [-0.2, 0) is 15.9 Å². The number of fused-ring (bicyclic) bond motifs is 3. The van der Waals surface area contributed by atoms with Crippen molar-refractivity contribution in [3.8, 4) is 0 Å². The van der Waals surface area contributed by atoms with E-state index >= 15 is 0 Å². The summed E-state index contributed by atoms with van der Waals surface area (Å²) >= 11 is 6.29. The summed E-state index contributed by atoms with van der Waals surface area (Å²) in [6, 6.07) is 11.4. The molecule has 0 radical (unpaired) electrons. The van der Waals surface area contributed by atoms with E-state index in [4.69, 9.17) is 21.1 Å². The van der Waals surface area contributed by atoms with Crippen molar-refractivity contribution < 1.29 is 19.1 Å². The van der Waals surface area contributed by atoms with Crippen LogP contribution in [0.1, 0.15) is 47.1 Å². The van der Waals surface area contributed by atoms with Crippen LogP contribution in [0.3, 0.4) is 0 Å². The van der Waals surface area contributed by atoms with E-state index in [1.165, 1.54) is 0 Å². The predicted molar refractivity (Wildman–Crippen MR) is 146 cm³/mol. The van der Waals surface area contributed by atoms with Gasteiger partial charge in [0.1, 0.15) is 11.2 Å². The van der Waals surface area contributed by atoms with Gasteiger partial charge in [-0.3, -0.25) is 0 Å². The molecule has 2 aromatic carbocycles. The van der Waals surface area contributed by atoms with Gasteiger partial charge in [-0.05, 0) is 83.9 Å². The van der Waals surface area contributed by atoms with Crippen LogP contribution < -0.4 is 10.6 Å². The number of rotatable bonds is 5. The standard InChI is InChI=1S/C27H32ClN5O4/c1-26(2,3)36-24(34)29-11-9-16-13-18(15-20-19-14-17(28)7-8-21(19)31-23(16)20)30-22-10-12-33(32-22)25(35)37-27(4,5)6/h7-8,10,12-15,31H,9,11H2,1-6H3,(H,29,34)(H,30,32). The summed E-state index contributed by atoms with van der Waals surface area (Å²) in [7, 11) is 0. The number of benzene rings is 2. The van der Waals surface area contributed by atoms with Gasteiger partial charge in [0, 0.05) is 51.3 Å². The van der Waals surface area contributed by atoms with Crippen molar-refractivity contribution in [2.75, 3.05) is 11.9 Å². The number of aromatic nitrogens is 3. The van der Waals surface area contributed by atoms with Gasteiger partial charge >= 0.3 is 12.2 Å². The molecular weight excluding hydrogens is 494 g/mol. The number of carbonyl (C=O) groups excluding carboxylic acids is 2. The maximum Gasteiger partial charge on any atom is 0.435 e. The monoisotopic (exact) mass is 525 g/mol. The highest BCUT2D eigenvalue weighted by Crippen LogP contribution is 2.33. The van der Waals surface area contributed by atoms with E-state index in [0.29, 0.717) is 23.8 Å². The predicted octanol–water partition coefficient (Wildman–Crippen LogP) is 6.77. The molecule has 196 valence electrons. The van der Waals surface area contributed by atoms with Gasteiger partial charge in [-0.2, -0.15) is 4.68 Å². The van der Waals surface area contributed by atoms with Crippen LogP contribution in [0, 0.1) is 0 Å². The maximum absolute atomic E-state index is 12.3. The lowest BCUT2D eigenvalue weighted by Crippen LogP contribution is -2.33. The minimum Gasteiger partial charge on any atom is -0.444 e. The molecule has 3 N–H and O–H groups in total. The summed E-state index contributed by atoms with van der Waals surface area (Å²) in [6.07, 6.45) is 1.08. The zero-order chi connectivity index (χ0) is 27.0. The largest absolute Gasteiger partial charge is 0.444 e. The second-order valence-electron chi connectivity index (χ2n) is 10.8. The molecule has 2 heterocycles. The van der Waals surface area contributed by atoms with Crippen LogP contribution in [-0.4, -0.2) is 44.7 Å². The minimum absolute atomic E-state index is 0.386. The molecule has 0 bridgehead atoms. The molecule has 4 rings (SSSR count). The van der Waals surface area contributed by atoms with Crippen LogP contribution >= 0.6 is 11.6 Å². The lowest BCUT2D eigenvalue weighted by Gasteiger charge is -2.19. The molecule has 4 aromatic rings. The number of amides is 1. The molecule has 0 aliphatic rings. The molecule has 1 amide bonds. The molecular formula is C27H32ClN5O4. The first-order valence-corrected chi connectivity index (χ1v) is 12.4. The average molecular weight is 526 g/mol. The first kappa shape index (κ1) is 26.3. The summed E-state index contributed by atoms with van der Waals surface area (Å²) in [6.45, 7) is 11.3. The van der Waals surface area contributed by atoms with Gasteiger partial charge < -0.3 is 25.1 Å². The van der Waals surface area contributed by atoms with Gasteiger partial charge in [0.05, 0.1) is 0 Å². The van der Waals surface area contributed by atoms with E-state index in [-0.39, 0.29) is 0 Å². The Morgan fingerprint density at radius 2 is 1.73 bits per heavy atom. The first-order valence-electron chi connectivity index (χ1n) is 12.0. The van der Waals surface area contributed by atoms with Crippen LogP contribution in [0.5, 0.6) is 0 Å². The summed E-state index contributed by atoms with van der Waals surface area (Å²) in [5, 5.41) is 13.0. The number of hydrogen-bond acceptors (Lipinski definition) is 6. The van der Waals surface area contributed by atoms with Crippen molar-refractivity contribution >= 4 is 57.1 Å². The first-order chi connectivity index (χ1) is 17.3. The fraction of sp³-hybridized carbons (Fsp3) is 0.370. The highest BCUT2D eigenvalue weighted by atomic mass is 35.5. The van der Waals surface area contributed by atoms with Gasteiger partial charge in [-0.1, -0.05) is 11.6 Å². The van der Waals surface area contributed by atoms with Gasteiger partial charge in [0.25, 0.3) is 0 Å². The fourth-order valence-electron chi connectivity index (χ4n) is 3.88. The number of hydrogen-bond donors (Lipinski definition) is 3. The Hall–Kier alpha value is -3.72. The number of halogens is 1. The van der Waals surface area contributed by atoms with Crippen molar-refractivity contribution in [3.63, 3.8) is 0 Å². The smallest absolute Gasteiger partial charge is 0.435 e. The van der Waals surface area contributed by atoms with Crippen LogP contribution in [0.2, 0.25) is 5.02 Å². The molecule has 0 unspecified atom stereocenters. The summed E-state index contributed by atoms with van der Waals surface area (Å²) < 4.78 is 11.9. The Morgan fingerprint density at radius 3 is 2.43 bits per heavy atom. The highest BCUT2D eigenvalue weighted by Gasteiger charge is 2.19. The molecule has 10 heteroatoms. The summed E-state index contributed by atoms with van der Waals surface area (Å²) in [5.41, 5.74) is 2.46. The number of H-pyrrole nitrogens is 1. The number of nitrogens with zero attached hydrogens (tertiary/aromatic N) is 2. The molecule has 37 heavy (non-hydrogen) atoms. The topological polar surface area (TPSA) is 110 Å². The number of carbonyl (C=O) groups is 2. The Kier molecular flexibility index (Phi) is 7.10. The van der Waals surface area contributed by atoms with E-state index in [2.05, 4.69) is 20.7 Å². The third-order valence-corrected chi connectivity index (χ3v) is 5.49. The highest BCUT2D eigenvalue weighted by molar-refractivity contribution is 6.31. The number of nitrogens with one attached hydrogen (secondary N) is 3. The zero-order valence-corrected chi connectivity index (χ0v) is 22.6. The molecule has 0 saturated heterocycles. The van der Waals surface area contributed by atoms with E-state index in [1.54, 1.807) is 33.0 Å². The Morgan fingerprint density at radius 1 is 1.00 bits per heavy atom. The number of ether oxygens (including phenoxy) is 2. The normalized spacial score (nSPS) is 12.1. The van der Waals surface area contributed by atoms with Crippen molar-refractivity contribution in [3.05, 3.63) is 53.2 Å². The molecule has 0 saturated carbocycles. The second kappa shape index (κ2) is 9.97. The minimum atomic E-state index is -0.624. The van der Waals surface area contributed by atoms with Gasteiger partial charge in [0.15, 0.2) is 5.82 Å². The van der Waals surface area contributed by atoms with Crippen LogP contribution in [0.4, 0.5) is 21.1 Å². The molecule has 0 aliphatic carbocycles. The van der Waals surface area contributed by atoms with Gasteiger partial charge in [-0.15, -0.1) is 5.10 Å². The van der Waals surface area contributed by atoms with Gasteiger partial charge in [0.2, 0.25) is 0 Å². The Bertz CT molecular complexity index is 1460. The fourth-order valence-corrected chi connectivity index (χ4v) is 4.05. The lowest BCUT2D eigenvalue weighted by atomic mass is 10.0. The van der Waals surface area contributed by atoms with Crippen molar-refractivity contribution in [1.82, 2.24) is 20.1 Å². The third-order valence-electron chi connectivity index (χ3n) is 5.26. The second-order valence-corrected chi connectivity index (χ2v) is 11.2. The van der Waals surface area contributed by atoms with E-state index in [1.807, 2.05) is 51.1 Å². The summed E-state index contributed by atoms with van der Waals surface area (Å²) in [4.78, 5) is 27.9. The van der Waals surface area contributed by atoms with Crippen molar-refractivity contribution in [2.24, 2.45) is 0 Å². The molecule has 9 nitrogen and oxygen atoms in total. The number of aromatic amines is 1. The molecule has 2 aromatic heterocycles. The van der Waals surface area contributed by atoms with E-state index in [0.717, 1.165) is 37.7 Å². The number of anilines is 2. The molecule has 0 atom stereocenters. The third kappa shape index (κ3) is 6.74.